The highest BCUT2D eigenvalue weighted by Gasteiger charge is 2.15. The molecule has 2 aromatic carbocycles. The maximum atomic E-state index is 12.7. The summed E-state index contributed by atoms with van der Waals surface area (Å²) in [6, 6.07) is 14.1. The Kier molecular flexibility index (Phi) is 7.00. The van der Waals surface area contributed by atoms with Crippen LogP contribution in [0.2, 0.25) is 0 Å². The molecule has 2 N–H and O–H groups in total. The van der Waals surface area contributed by atoms with Crippen LogP contribution in [0.4, 0.5) is 0 Å². The van der Waals surface area contributed by atoms with Gasteiger partial charge in [-0.2, -0.15) is 0 Å². The van der Waals surface area contributed by atoms with Gasteiger partial charge in [0.1, 0.15) is 0 Å². The molecule has 0 unspecified atom stereocenters. The summed E-state index contributed by atoms with van der Waals surface area (Å²) in [5, 5.41) is 5.68. The molecule has 7 nitrogen and oxygen atoms in total. The average Bonchev–Trinajstić information content (AvgIpc) is 3.38. The largest absolute Gasteiger partial charge is 0.355 e. The van der Waals surface area contributed by atoms with Crippen LogP contribution in [0.5, 0.6) is 0 Å². The maximum absolute atomic E-state index is 12.7. The third kappa shape index (κ3) is 4.83. The number of nitrogens with one attached hydrogen (secondary N) is 2. The van der Waals surface area contributed by atoms with Crippen molar-refractivity contribution in [2.45, 2.75) is 39.8 Å². The van der Waals surface area contributed by atoms with Crippen molar-refractivity contribution in [3.8, 4) is 11.3 Å². The Labute approximate surface area is 203 Å². The van der Waals surface area contributed by atoms with E-state index in [1.807, 2.05) is 40.9 Å². The molecule has 0 atom stereocenters. The maximum Gasteiger partial charge on any atom is 0.251 e. The van der Waals surface area contributed by atoms with Gasteiger partial charge in [0.05, 0.1) is 15.9 Å². The second-order valence-corrected chi connectivity index (χ2v) is 9.91. The minimum absolute atomic E-state index is 0.0581. The Bertz CT molecular complexity index is 1310. The van der Waals surface area contributed by atoms with Gasteiger partial charge < -0.3 is 10.6 Å². The number of rotatable bonds is 8. The summed E-state index contributed by atoms with van der Waals surface area (Å²) in [5.41, 5.74) is 4.08. The zero-order valence-corrected chi connectivity index (χ0v) is 21.1. The van der Waals surface area contributed by atoms with Gasteiger partial charge in [0.2, 0.25) is 0 Å². The minimum Gasteiger partial charge on any atom is -0.355 e. The topological polar surface area (TPSA) is 78.7 Å². The third-order valence-electron chi connectivity index (χ3n) is 6.01. The van der Waals surface area contributed by atoms with E-state index in [1.165, 1.54) is 0 Å². The summed E-state index contributed by atoms with van der Waals surface area (Å²) >= 11 is 1.56. The van der Waals surface area contributed by atoms with Gasteiger partial charge in [0.25, 0.3) is 11.8 Å². The van der Waals surface area contributed by atoms with Gasteiger partial charge in [-0.1, -0.05) is 23.5 Å². The summed E-state index contributed by atoms with van der Waals surface area (Å²) in [7, 11) is 1.62. The SMILES string of the molecule is CNC(=O)c1ccc(-c2cn3c(n2)sc2cc(C(=O)NCCN(C(C)C)C(C)C)ccc23)cc1. The molecule has 8 heteroatoms. The van der Waals surface area contributed by atoms with E-state index in [0.29, 0.717) is 29.8 Å². The molecule has 0 aliphatic heterocycles. The highest BCUT2D eigenvalue weighted by molar-refractivity contribution is 7.23. The first-order valence-electron chi connectivity index (χ1n) is 11.6. The first-order valence-corrected chi connectivity index (χ1v) is 12.4. The van der Waals surface area contributed by atoms with Crippen molar-refractivity contribution in [1.82, 2.24) is 24.9 Å². The van der Waals surface area contributed by atoms with E-state index < -0.39 is 0 Å². The van der Waals surface area contributed by atoms with Gasteiger partial charge in [0.15, 0.2) is 4.96 Å². The van der Waals surface area contributed by atoms with Gasteiger partial charge in [-0.25, -0.2) is 4.98 Å². The number of fused-ring (bicyclic) bond motifs is 3. The quantitative estimate of drug-likeness (QED) is 0.394. The average molecular weight is 478 g/mol. The fraction of sp³-hybridized carbons (Fsp3) is 0.346. The van der Waals surface area contributed by atoms with Crippen LogP contribution in [-0.2, 0) is 0 Å². The van der Waals surface area contributed by atoms with E-state index >= 15 is 0 Å². The van der Waals surface area contributed by atoms with Crippen LogP contribution in [-0.4, -0.2) is 58.3 Å². The number of carbonyl (C=O) groups is 2. The van der Waals surface area contributed by atoms with Crippen molar-refractivity contribution in [2.24, 2.45) is 0 Å². The normalized spacial score (nSPS) is 11.8. The molecular weight excluding hydrogens is 446 g/mol. The lowest BCUT2D eigenvalue weighted by atomic mass is 10.1. The predicted octanol–water partition coefficient (Wildman–Crippen LogP) is 4.42. The second kappa shape index (κ2) is 9.95. The number of carbonyl (C=O) groups excluding carboxylic acids is 2. The minimum atomic E-state index is -0.111. The number of aromatic nitrogens is 2. The molecule has 178 valence electrons. The summed E-state index contributed by atoms with van der Waals surface area (Å²) in [6.07, 6.45) is 2.00. The van der Waals surface area contributed by atoms with Crippen molar-refractivity contribution in [1.29, 1.82) is 0 Å². The van der Waals surface area contributed by atoms with Crippen molar-refractivity contribution < 1.29 is 9.59 Å². The van der Waals surface area contributed by atoms with Crippen molar-refractivity contribution in [2.75, 3.05) is 20.1 Å². The van der Waals surface area contributed by atoms with Gasteiger partial charge in [-0.05, 0) is 58.0 Å². The monoisotopic (exact) mass is 477 g/mol. The van der Waals surface area contributed by atoms with E-state index in [1.54, 1.807) is 30.5 Å². The number of nitrogens with zero attached hydrogens (tertiary/aromatic N) is 3. The van der Waals surface area contributed by atoms with Crippen LogP contribution in [0, 0.1) is 0 Å². The van der Waals surface area contributed by atoms with Crippen molar-refractivity contribution >= 4 is 38.3 Å². The molecule has 2 aromatic heterocycles. The molecule has 0 saturated heterocycles. The van der Waals surface area contributed by atoms with Crippen LogP contribution in [0.15, 0.2) is 48.7 Å². The van der Waals surface area contributed by atoms with Gasteiger partial charge in [-0.3, -0.25) is 18.9 Å². The molecule has 4 rings (SSSR count). The fourth-order valence-electron chi connectivity index (χ4n) is 4.23. The first kappa shape index (κ1) is 23.9. The summed E-state index contributed by atoms with van der Waals surface area (Å²) in [6.45, 7) is 10.1. The smallest absolute Gasteiger partial charge is 0.251 e. The van der Waals surface area contributed by atoms with Gasteiger partial charge in [-0.15, -0.1) is 0 Å². The van der Waals surface area contributed by atoms with E-state index in [9.17, 15) is 9.59 Å². The van der Waals surface area contributed by atoms with Crippen LogP contribution < -0.4 is 10.6 Å². The molecule has 2 amide bonds. The molecule has 0 aliphatic carbocycles. The van der Waals surface area contributed by atoms with Crippen molar-refractivity contribution in [3.05, 3.63) is 59.8 Å². The number of thiazole rings is 1. The number of hydrogen-bond acceptors (Lipinski definition) is 5. The number of benzene rings is 2. The molecule has 0 aliphatic rings. The molecule has 0 radical (unpaired) electrons. The van der Waals surface area contributed by atoms with Crippen LogP contribution in [0.25, 0.3) is 26.4 Å². The Balaban J connectivity index is 1.49. The molecule has 0 spiro atoms. The summed E-state index contributed by atoms with van der Waals surface area (Å²) < 4.78 is 3.06. The van der Waals surface area contributed by atoms with E-state index in [-0.39, 0.29) is 11.8 Å². The summed E-state index contributed by atoms with van der Waals surface area (Å²) in [4.78, 5) is 32.5. The van der Waals surface area contributed by atoms with Gasteiger partial charge >= 0.3 is 0 Å². The number of amides is 2. The standard InChI is InChI=1S/C26H31N5O2S/c1-16(2)30(17(3)4)13-12-28-25(33)20-10-11-22-23(14-20)34-26-29-21(15-31(22)26)18-6-8-19(9-7-18)24(32)27-5/h6-11,14-17H,12-13H2,1-5H3,(H,27,32)(H,28,33). The van der Waals surface area contributed by atoms with E-state index in [0.717, 1.165) is 33.0 Å². The Morgan fingerprint density at radius 2 is 1.68 bits per heavy atom. The van der Waals surface area contributed by atoms with Crippen LogP contribution in [0.3, 0.4) is 0 Å². The molecular formula is C26H31N5O2S. The molecule has 0 saturated carbocycles. The van der Waals surface area contributed by atoms with Gasteiger partial charge in [0, 0.05) is 55.1 Å². The lowest BCUT2D eigenvalue weighted by molar-refractivity contribution is 0.0937. The third-order valence-corrected chi connectivity index (χ3v) is 7.03. The highest BCUT2D eigenvalue weighted by atomic mass is 32.1. The highest BCUT2D eigenvalue weighted by Crippen LogP contribution is 2.30. The lowest BCUT2D eigenvalue weighted by Gasteiger charge is -2.30. The van der Waals surface area contributed by atoms with Crippen molar-refractivity contribution in [3.63, 3.8) is 0 Å². The number of hydrogen-bond donors (Lipinski definition) is 2. The summed E-state index contributed by atoms with van der Waals surface area (Å²) in [5.74, 6) is -0.169. The first-order chi connectivity index (χ1) is 16.3. The zero-order chi connectivity index (χ0) is 24.4. The van der Waals surface area contributed by atoms with Crippen LogP contribution >= 0.6 is 11.3 Å². The lowest BCUT2D eigenvalue weighted by Crippen LogP contribution is -2.42. The zero-order valence-electron chi connectivity index (χ0n) is 20.3. The van der Waals surface area contributed by atoms with E-state index in [2.05, 4.69) is 43.2 Å². The fourth-order valence-corrected chi connectivity index (χ4v) is 5.28. The molecule has 34 heavy (non-hydrogen) atoms. The van der Waals surface area contributed by atoms with Crippen LogP contribution in [0.1, 0.15) is 48.4 Å². The second-order valence-electron chi connectivity index (χ2n) is 8.90. The predicted molar refractivity (Wildman–Crippen MR) is 139 cm³/mol. The van der Waals surface area contributed by atoms with E-state index in [4.69, 9.17) is 4.98 Å². The number of imidazole rings is 1. The molecule has 0 bridgehead atoms. The Morgan fingerprint density at radius 3 is 2.32 bits per heavy atom. The molecule has 2 heterocycles. The molecule has 4 aromatic rings. The Morgan fingerprint density at radius 1 is 1.00 bits per heavy atom. The Hall–Kier alpha value is -3.23. The molecule has 0 fully saturated rings.